The SMILES string of the molecule is CC1CCN(CC2CCCN(C(=O)C3CC34CCNCC4)C2)CC1. The Morgan fingerprint density at radius 2 is 1.88 bits per heavy atom. The van der Waals surface area contributed by atoms with E-state index in [4.69, 9.17) is 0 Å². The number of rotatable bonds is 3. The highest BCUT2D eigenvalue weighted by Crippen LogP contribution is 2.59. The molecule has 4 heteroatoms. The summed E-state index contributed by atoms with van der Waals surface area (Å²) in [6, 6.07) is 0. The third-order valence-corrected chi connectivity index (χ3v) is 7.31. The highest BCUT2D eigenvalue weighted by Gasteiger charge is 2.58. The van der Waals surface area contributed by atoms with Gasteiger partial charge in [0.2, 0.25) is 5.91 Å². The van der Waals surface area contributed by atoms with Crippen LogP contribution in [-0.4, -0.2) is 61.5 Å². The van der Waals surface area contributed by atoms with Crippen molar-refractivity contribution in [2.75, 3.05) is 45.8 Å². The minimum absolute atomic E-state index is 0.356. The van der Waals surface area contributed by atoms with Crippen LogP contribution in [0, 0.1) is 23.2 Å². The normalized spacial score (nSPS) is 34.5. The molecule has 1 N–H and O–H groups in total. The second-order valence-electron chi connectivity index (χ2n) is 9.14. The molecule has 0 radical (unpaired) electrons. The van der Waals surface area contributed by atoms with Gasteiger partial charge in [-0.3, -0.25) is 4.79 Å². The topological polar surface area (TPSA) is 35.6 Å². The van der Waals surface area contributed by atoms with E-state index in [1.165, 1.54) is 64.6 Å². The molecule has 1 aliphatic carbocycles. The summed E-state index contributed by atoms with van der Waals surface area (Å²) in [5.74, 6) is 2.46. The van der Waals surface area contributed by atoms with Gasteiger partial charge < -0.3 is 15.1 Å². The van der Waals surface area contributed by atoms with Gasteiger partial charge in [-0.1, -0.05) is 6.92 Å². The summed E-state index contributed by atoms with van der Waals surface area (Å²) >= 11 is 0. The van der Waals surface area contributed by atoms with Gasteiger partial charge in [-0.25, -0.2) is 0 Å². The van der Waals surface area contributed by atoms with Gasteiger partial charge in [0.05, 0.1) is 0 Å². The molecule has 136 valence electrons. The molecule has 1 saturated carbocycles. The maximum atomic E-state index is 13.0. The largest absolute Gasteiger partial charge is 0.342 e. The van der Waals surface area contributed by atoms with E-state index in [2.05, 4.69) is 22.0 Å². The first-order valence-electron chi connectivity index (χ1n) is 10.4. The maximum absolute atomic E-state index is 13.0. The third-order valence-electron chi connectivity index (χ3n) is 7.31. The zero-order valence-electron chi connectivity index (χ0n) is 15.4. The summed E-state index contributed by atoms with van der Waals surface area (Å²) in [6.45, 7) is 10.4. The predicted molar refractivity (Wildman–Crippen MR) is 96.8 cm³/mol. The van der Waals surface area contributed by atoms with Crippen LogP contribution in [0.5, 0.6) is 0 Å². The Labute approximate surface area is 147 Å². The number of hydrogen-bond acceptors (Lipinski definition) is 3. The molecule has 0 aromatic carbocycles. The van der Waals surface area contributed by atoms with Crippen LogP contribution in [0.3, 0.4) is 0 Å². The van der Waals surface area contributed by atoms with E-state index >= 15 is 0 Å². The molecule has 4 aliphatic rings. The van der Waals surface area contributed by atoms with Crippen LogP contribution in [0.1, 0.15) is 51.9 Å². The van der Waals surface area contributed by atoms with Gasteiger partial charge in [0, 0.05) is 25.6 Å². The lowest BCUT2D eigenvalue weighted by Crippen LogP contribution is -2.46. The Balaban J connectivity index is 1.28. The first kappa shape index (κ1) is 16.8. The number of amides is 1. The molecule has 1 spiro atoms. The Hall–Kier alpha value is -0.610. The van der Waals surface area contributed by atoms with E-state index in [1.54, 1.807) is 0 Å². The van der Waals surface area contributed by atoms with Crippen molar-refractivity contribution < 1.29 is 4.79 Å². The predicted octanol–water partition coefficient (Wildman–Crippen LogP) is 2.35. The van der Waals surface area contributed by atoms with E-state index in [0.717, 1.165) is 32.1 Å². The molecule has 3 aliphatic heterocycles. The first-order valence-corrected chi connectivity index (χ1v) is 10.4. The van der Waals surface area contributed by atoms with Crippen LogP contribution in [0.4, 0.5) is 0 Å². The van der Waals surface area contributed by atoms with Gasteiger partial charge >= 0.3 is 0 Å². The number of piperidine rings is 3. The van der Waals surface area contributed by atoms with Gasteiger partial charge in [0.1, 0.15) is 0 Å². The smallest absolute Gasteiger partial charge is 0.226 e. The van der Waals surface area contributed by atoms with Crippen molar-refractivity contribution in [3.8, 4) is 0 Å². The van der Waals surface area contributed by atoms with Gasteiger partial charge in [-0.15, -0.1) is 0 Å². The fourth-order valence-corrected chi connectivity index (χ4v) is 5.42. The summed E-state index contributed by atoms with van der Waals surface area (Å²) in [4.78, 5) is 17.9. The van der Waals surface area contributed by atoms with Gasteiger partial charge in [-0.05, 0) is 88.4 Å². The second-order valence-corrected chi connectivity index (χ2v) is 9.14. The number of carbonyl (C=O) groups is 1. The molecule has 4 nitrogen and oxygen atoms in total. The van der Waals surface area contributed by atoms with Crippen LogP contribution >= 0.6 is 0 Å². The fourth-order valence-electron chi connectivity index (χ4n) is 5.42. The molecule has 1 amide bonds. The van der Waals surface area contributed by atoms with Crippen molar-refractivity contribution in [1.29, 1.82) is 0 Å². The standard InChI is InChI=1S/C20H35N3O/c1-16-4-11-22(12-5-16)14-17-3-2-10-23(15-17)19(24)18-13-20(18)6-8-21-9-7-20/h16-18,21H,2-15H2,1H3. The summed E-state index contributed by atoms with van der Waals surface area (Å²) in [5, 5.41) is 3.44. The molecule has 3 heterocycles. The molecule has 3 saturated heterocycles. The molecule has 2 atom stereocenters. The quantitative estimate of drug-likeness (QED) is 0.861. The second kappa shape index (κ2) is 6.95. The average molecular weight is 334 g/mol. The Morgan fingerprint density at radius 1 is 1.12 bits per heavy atom. The summed E-state index contributed by atoms with van der Waals surface area (Å²) in [6.07, 6.45) is 8.83. The molecule has 0 bridgehead atoms. The van der Waals surface area contributed by atoms with E-state index in [1.807, 2.05) is 0 Å². The first-order chi connectivity index (χ1) is 11.7. The van der Waals surface area contributed by atoms with E-state index in [-0.39, 0.29) is 0 Å². The van der Waals surface area contributed by atoms with Crippen molar-refractivity contribution in [3.63, 3.8) is 0 Å². The molecule has 0 aromatic rings. The zero-order valence-corrected chi connectivity index (χ0v) is 15.4. The van der Waals surface area contributed by atoms with E-state index in [9.17, 15) is 4.79 Å². The molecule has 24 heavy (non-hydrogen) atoms. The number of hydrogen-bond donors (Lipinski definition) is 1. The lowest BCUT2D eigenvalue weighted by molar-refractivity contribution is -0.135. The van der Waals surface area contributed by atoms with Crippen LogP contribution < -0.4 is 5.32 Å². The van der Waals surface area contributed by atoms with Crippen molar-refractivity contribution in [2.24, 2.45) is 23.2 Å². The van der Waals surface area contributed by atoms with Crippen molar-refractivity contribution >= 4 is 5.91 Å². The Morgan fingerprint density at radius 3 is 2.62 bits per heavy atom. The molecule has 0 aromatic heterocycles. The maximum Gasteiger partial charge on any atom is 0.226 e. The summed E-state index contributed by atoms with van der Waals surface area (Å²) in [5.41, 5.74) is 0.387. The molecular formula is C20H35N3O. The van der Waals surface area contributed by atoms with Crippen LogP contribution in [0.25, 0.3) is 0 Å². The minimum Gasteiger partial charge on any atom is -0.342 e. The lowest BCUT2D eigenvalue weighted by Gasteiger charge is -2.38. The van der Waals surface area contributed by atoms with E-state index < -0.39 is 0 Å². The van der Waals surface area contributed by atoms with Crippen molar-refractivity contribution in [2.45, 2.75) is 51.9 Å². The van der Waals surface area contributed by atoms with Gasteiger partial charge in [-0.2, -0.15) is 0 Å². The van der Waals surface area contributed by atoms with Crippen LogP contribution in [-0.2, 0) is 4.79 Å². The van der Waals surface area contributed by atoms with E-state index in [0.29, 0.717) is 23.2 Å². The number of likely N-dealkylation sites (tertiary alicyclic amines) is 2. The average Bonchev–Trinajstić information content (AvgIpc) is 3.30. The van der Waals surface area contributed by atoms with Crippen LogP contribution in [0.15, 0.2) is 0 Å². The van der Waals surface area contributed by atoms with Crippen molar-refractivity contribution in [1.82, 2.24) is 15.1 Å². The van der Waals surface area contributed by atoms with Gasteiger partial charge in [0.25, 0.3) is 0 Å². The highest BCUT2D eigenvalue weighted by molar-refractivity contribution is 5.82. The monoisotopic (exact) mass is 333 g/mol. The molecule has 2 unspecified atom stereocenters. The number of nitrogens with one attached hydrogen (secondary N) is 1. The fraction of sp³-hybridized carbons (Fsp3) is 0.950. The van der Waals surface area contributed by atoms with Crippen LogP contribution in [0.2, 0.25) is 0 Å². The lowest BCUT2D eigenvalue weighted by atomic mass is 9.90. The van der Waals surface area contributed by atoms with Gasteiger partial charge in [0.15, 0.2) is 0 Å². The molecule has 4 rings (SSSR count). The Kier molecular flexibility index (Phi) is 4.88. The number of nitrogens with zero attached hydrogens (tertiary/aromatic N) is 2. The molecular weight excluding hydrogens is 298 g/mol. The highest BCUT2D eigenvalue weighted by atomic mass is 16.2. The summed E-state index contributed by atoms with van der Waals surface area (Å²) in [7, 11) is 0. The van der Waals surface area contributed by atoms with Crippen molar-refractivity contribution in [3.05, 3.63) is 0 Å². The third kappa shape index (κ3) is 3.50. The minimum atomic E-state index is 0.356. The molecule has 4 fully saturated rings. The zero-order chi connectivity index (χ0) is 16.6. The summed E-state index contributed by atoms with van der Waals surface area (Å²) < 4.78 is 0. The number of carbonyl (C=O) groups excluding carboxylic acids is 1. The Bertz CT molecular complexity index is 452.